The van der Waals surface area contributed by atoms with Crippen molar-refractivity contribution < 1.29 is 9.53 Å². The largest absolute Gasteiger partial charge is 0.371 e. The van der Waals surface area contributed by atoms with E-state index in [1.165, 1.54) is 10.9 Å². The number of aromatic nitrogens is 2. The van der Waals surface area contributed by atoms with Crippen molar-refractivity contribution in [3.8, 4) is 11.8 Å². The molecule has 3 aromatic rings. The topological polar surface area (TPSA) is 92.0 Å². The monoisotopic (exact) mass is 451 g/mol. The molecule has 1 amide bonds. The Hall–Kier alpha value is -2.99. The molecule has 0 spiro atoms. The molecule has 29 heavy (non-hydrogen) atoms. The third kappa shape index (κ3) is 4.38. The van der Waals surface area contributed by atoms with E-state index in [1.807, 2.05) is 30.3 Å². The van der Waals surface area contributed by atoms with Gasteiger partial charge in [-0.05, 0) is 35.9 Å². The maximum atomic E-state index is 12.6. The number of ether oxygens (including phenoxy) is 1. The average molecular weight is 452 g/mol. The summed E-state index contributed by atoms with van der Waals surface area (Å²) in [6.45, 7) is 2.35. The maximum Gasteiger partial charge on any atom is 0.258 e. The van der Waals surface area contributed by atoms with Crippen LogP contribution >= 0.6 is 15.9 Å². The van der Waals surface area contributed by atoms with Gasteiger partial charge in [0.05, 0.1) is 35.7 Å². The van der Waals surface area contributed by atoms with Gasteiger partial charge in [-0.25, -0.2) is 4.68 Å². The summed E-state index contributed by atoms with van der Waals surface area (Å²) in [6, 6.07) is 15.1. The molecule has 8 heteroatoms. The van der Waals surface area contributed by atoms with Crippen LogP contribution in [0.3, 0.4) is 0 Å². The number of carbonyl (C=O) groups is 1. The number of morpholine rings is 1. The Morgan fingerprint density at radius 1 is 1.31 bits per heavy atom. The van der Waals surface area contributed by atoms with Crippen LogP contribution in [0, 0.1) is 11.3 Å². The van der Waals surface area contributed by atoms with Gasteiger partial charge in [0.25, 0.3) is 5.91 Å². The number of amides is 1. The van der Waals surface area contributed by atoms with E-state index in [4.69, 9.17) is 4.74 Å². The van der Waals surface area contributed by atoms with Gasteiger partial charge in [0.1, 0.15) is 6.07 Å². The zero-order valence-corrected chi connectivity index (χ0v) is 17.0. The molecule has 0 radical (unpaired) electrons. The Bertz CT molecular complexity index is 1070. The number of hydrogen-bond acceptors (Lipinski definition) is 5. The van der Waals surface area contributed by atoms with E-state index in [0.29, 0.717) is 29.1 Å². The van der Waals surface area contributed by atoms with Crippen LogP contribution in [0.2, 0.25) is 0 Å². The maximum absolute atomic E-state index is 12.6. The lowest BCUT2D eigenvalue weighted by atomic mass is 10.1. The first-order valence-electron chi connectivity index (χ1n) is 9.12. The number of carbonyl (C=O) groups excluding carboxylic acids is 1. The van der Waals surface area contributed by atoms with Gasteiger partial charge in [0.2, 0.25) is 0 Å². The van der Waals surface area contributed by atoms with Gasteiger partial charge in [-0.3, -0.25) is 4.79 Å². The highest BCUT2D eigenvalue weighted by molar-refractivity contribution is 9.10. The van der Waals surface area contributed by atoms with Crippen molar-refractivity contribution in [3.63, 3.8) is 0 Å². The van der Waals surface area contributed by atoms with Gasteiger partial charge in [-0.15, -0.1) is 0 Å². The van der Waals surface area contributed by atoms with Gasteiger partial charge in [0.15, 0.2) is 0 Å². The Morgan fingerprint density at radius 3 is 2.86 bits per heavy atom. The highest BCUT2D eigenvalue weighted by Crippen LogP contribution is 2.22. The Kier molecular flexibility index (Phi) is 5.71. The van der Waals surface area contributed by atoms with E-state index in [9.17, 15) is 10.1 Å². The second-order valence-corrected chi connectivity index (χ2v) is 7.50. The molecule has 1 saturated heterocycles. The minimum Gasteiger partial charge on any atom is -0.371 e. The lowest BCUT2D eigenvalue weighted by molar-refractivity contribution is 0.0277. The molecule has 0 bridgehead atoms. The van der Waals surface area contributed by atoms with E-state index in [-0.39, 0.29) is 12.0 Å². The molecule has 1 aliphatic rings. The summed E-state index contributed by atoms with van der Waals surface area (Å²) in [5.74, 6) is -0.268. The molecule has 2 heterocycles. The highest BCUT2D eigenvalue weighted by Gasteiger charge is 2.16. The molecule has 4 rings (SSSR count). The average Bonchev–Trinajstić information content (AvgIpc) is 3.25. The number of benzene rings is 2. The van der Waals surface area contributed by atoms with E-state index in [1.54, 1.807) is 18.3 Å². The van der Waals surface area contributed by atoms with Crippen molar-refractivity contribution in [2.75, 3.05) is 25.0 Å². The number of rotatable bonds is 4. The molecule has 0 saturated carbocycles. The highest BCUT2D eigenvalue weighted by atomic mass is 79.9. The lowest BCUT2D eigenvalue weighted by Crippen LogP contribution is -2.33. The zero-order valence-electron chi connectivity index (χ0n) is 15.4. The Balaban J connectivity index is 1.46. The summed E-state index contributed by atoms with van der Waals surface area (Å²) < 4.78 is 8.07. The van der Waals surface area contributed by atoms with Crippen LogP contribution in [-0.4, -0.2) is 35.4 Å². The SMILES string of the molecule is N#Cc1cc(Br)ccc1-n1cc(C(=O)Nc2ccc(C3CNCCO3)cc2)cn1. The van der Waals surface area contributed by atoms with Crippen LogP contribution in [0.5, 0.6) is 0 Å². The van der Waals surface area contributed by atoms with Crippen molar-refractivity contribution in [3.05, 3.63) is 76.0 Å². The van der Waals surface area contributed by atoms with Crippen LogP contribution < -0.4 is 10.6 Å². The first-order valence-corrected chi connectivity index (χ1v) is 9.91. The molecule has 146 valence electrons. The second kappa shape index (κ2) is 8.57. The van der Waals surface area contributed by atoms with Crippen LogP contribution in [0.4, 0.5) is 5.69 Å². The molecule has 7 nitrogen and oxygen atoms in total. The van der Waals surface area contributed by atoms with E-state index < -0.39 is 0 Å². The third-order valence-electron chi connectivity index (χ3n) is 4.64. The van der Waals surface area contributed by atoms with Gasteiger partial charge in [0, 0.05) is 29.4 Å². The molecule has 1 aromatic heterocycles. The Morgan fingerprint density at radius 2 is 2.14 bits per heavy atom. The minimum atomic E-state index is -0.268. The van der Waals surface area contributed by atoms with E-state index in [0.717, 1.165) is 23.1 Å². The minimum absolute atomic E-state index is 0.0342. The fourth-order valence-corrected chi connectivity index (χ4v) is 3.49. The second-order valence-electron chi connectivity index (χ2n) is 6.59. The fourth-order valence-electron chi connectivity index (χ4n) is 3.13. The summed E-state index contributed by atoms with van der Waals surface area (Å²) in [7, 11) is 0. The molecule has 2 N–H and O–H groups in total. The van der Waals surface area contributed by atoms with Crippen molar-refractivity contribution in [2.45, 2.75) is 6.10 Å². The molecule has 1 atom stereocenters. The van der Waals surface area contributed by atoms with Gasteiger partial charge in [-0.2, -0.15) is 10.4 Å². The number of halogens is 1. The summed E-state index contributed by atoms with van der Waals surface area (Å²) in [5, 5.41) is 19.7. The normalized spacial score (nSPS) is 16.2. The van der Waals surface area contributed by atoms with Crippen LogP contribution in [0.25, 0.3) is 5.69 Å². The number of nitrogens with zero attached hydrogens (tertiary/aromatic N) is 3. The van der Waals surface area contributed by atoms with Crippen LogP contribution in [0.15, 0.2) is 59.3 Å². The molecule has 2 aromatic carbocycles. The number of nitriles is 1. The smallest absolute Gasteiger partial charge is 0.258 e. The Labute approximate surface area is 176 Å². The van der Waals surface area contributed by atoms with E-state index in [2.05, 4.69) is 37.7 Å². The zero-order chi connectivity index (χ0) is 20.2. The van der Waals surface area contributed by atoms with Crippen molar-refractivity contribution in [2.24, 2.45) is 0 Å². The van der Waals surface area contributed by atoms with E-state index >= 15 is 0 Å². The summed E-state index contributed by atoms with van der Waals surface area (Å²) >= 11 is 3.35. The fraction of sp³-hybridized carbons (Fsp3) is 0.190. The molecular formula is C21H18BrN5O2. The van der Waals surface area contributed by atoms with Crippen LogP contribution in [-0.2, 0) is 4.74 Å². The van der Waals surface area contributed by atoms with Crippen molar-refractivity contribution in [1.29, 1.82) is 5.26 Å². The molecule has 1 unspecified atom stereocenters. The quantitative estimate of drug-likeness (QED) is 0.633. The predicted molar refractivity (Wildman–Crippen MR) is 112 cm³/mol. The summed E-state index contributed by atoms with van der Waals surface area (Å²) in [4.78, 5) is 12.6. The number of nitrogens with one attached hydrogen (secondary N) is 2. The van der Waals surface area contributed by atoms with Crippen molar-refractivity contribution in [1.82, 2.24) is 15.1 Å². The molecule has 1 aliphatic heterocycles. The molecule has 0 aliphatic carbocycles. The van der Waals surface area contributed by atoms with Crippen LogP contribution in [0.1, 0.15) is 27.6 Å². The first-order chi connectivity index (χ1) is 14.1. The first kappa shape index (κ1) is 19.3. The number of hydrogen-bond donors (Lipinski definition) is 2. The molecular weight excluding hydrogens is 434 g/mol. The van der Waals surface area contributed by atoms with Gasteiger partial charge < -0.3 is 15.4 Å². The van der Waals surface area contributed by atoms with Gasteiger partial charge >= 0.3 is 0 Å². The number of anilines is 1. The predicted octanol–water partition coefficient (Wildman–Crippen LogP) is 3.42. The van der Waals surface area contributed by atoms with Gasteiger partial charge in [-0.1, -0.05) is 28.1 Å². The lowest BCUT2D eigenvalue weighted by Gasteiger charge is -2.24. The molecule has 1 fully saturated rings. The summed E-state index contributed by atoms with van der Waals surface area (Å²) in [5.41, 5.74) is 3.24. The summed E-state index contributed by atoms with van der Waals surface area (Å²) in [6.07, 6.45) is 3.12. The third-order valence-corrected chi connectivity index (χ3v) is 5.13. The standard InChI is InChI=1S/C21H18BrN5O2/c22-17-3-6-19(15(9-17)10-23)27-13-16(11-25-27)21(28)26-18-4-1-14(2-5-18)20-12-24-7-8-29-20/h1-6,9,11,13,20,24H,7-8,12H2,(H,26,28). The van der Waals surface area contributed by atoms with Crippen molar-refractivity contribution >= 4 is 27.5 Å².